The second-order valence-electron chi connectivity index (χ2n) is 4.40. The summed E-state index contributed by atoms with van der Waals surface area (Å²) in [6.07, 6.45) is 0. The summed E-state index contributed by atoms with van der Waals surface area (Å²) in [6, 6.07) is 8.60. The van der Waals surface area contributed by atoms with Crippen molar-refractivity contribution in [2.24, 2.45) is 0 Å². The minimum absolute atomic E-state index is 0.201. The average molecular weight is 217 g/mol. The Balaban J connectivity index is 2.71. The third-order valence-electron chi connectivity index (χ3n) is 3.29. The van der Waals surface area contributed by atoms with Crippen molar-refractivity contribution in [3.05, 3.63) is 35.5 Å². The van der Waals surface area contributed by atoms with Crippen molar-refractivity contribution >= 4 is 10.9 Å². The van der Waals surface area contributed by atoms with Crippen LogP contribution < -0.4 is 0 Å². The molecule has 0 saturated heterocycles. The number of nitrogens with zero attached hydrogens (tertiary/aromatic N) is 1. The molecule has 2 heteroatoms. The molecule has 0 bridgehead atoms. The molecule has 0 spiro atoms. The Bertz CT molecular complexity index is 499. The topological polar surface area (TPSA) is 25.2 Å². The van der Waals surface area contributed by atoms with Crippen molar-refractivity contribution in [1.29, 1.82) is 0 Å². The smallest absolute Gasteiger partial charge is 0.0511 e. The number of hydrogen-bond acceptors (Lipinski definition) is 1. The van der Waals surface area contributed by atoms with E-state index in [1.807, 2.05) is 0 Å². The first-order chi connectivity index (χ1) is 7.69. The van der Waals surface area contributed by atoms with Crippen LogP contribution >= 0.6 is 0 Å². The van der Waals surface area contributed by atoms with E-state index in [1.54, 1.807) is 0 Å². The van der Waals surface area contributed by atoms with Crippen LogP contribution in [-0.4, -0.2) is 16.3 Å². The zero-order valence-electron chi connectivity index (χ0n) is 10.2. The van der Waals surface area contributed by atoms with Gasteiger partial charge in [-0.05, 0) is 31.5 Å². The molecule has 1 N–H and O–H groups in total. The molecule has 0 amide bonds. The van der Waals surface area contributed by atoms with E-state index in [9.17, 15) is 5.11 Å². The van der Waals surface area contributed by atoms with Crippen molar-refractivity contribution in [1.82, 2.24) is 4.57 Å². The van der Waals surface area contributed by atoms with Gasteiger partial charge in [0, 0.05) is 29.1 Å². The summed E-state index contributed by atoms with van der Waals surface area (Å²) < 4.78 is 2.29. The van der Waals surface area contributed by atoms with Crippen LogP contribution in [0.3, 0.4) is 0 Å². The van der Waals surface area contributed by atoms with E-state index in [-0.39, 0.29) is 12.5 Å². The molecule has 86 valence electrons. The standard InChI is InChI=1S/C14H19NO/c1-4-15-13-7-5-6-10(2)12(13)8-14(15)11(3)9-16/h5-8,11,16H,4,9H2,1-3H3. The monoisotopic (exact) mass is 217 g/mol. The van der Waals surface area contributed by atoms with Crippen molar-refractivity contribution in [3.8, 4) is 0 Å². The number of aliphatic hydroxyl groups excluding tert-OH is 1. The normalized spacial score (nSPS) is 13.2. The molecule has 0 aliphatic heterocycles. The van der Waals surface area contributed by atoms with E-state index < -0.39 is 0 Å². The molecule has 0 fully saturated rings. The van der Waals surface area contributed by atoms with Gasteiger partial charge in [-0.2, -0.15) is 0 Å². The van der Waals surface area contributed by atoms with E-state index in [4.69, 9.17) is 0 Å². The summed E-state index contributed by atoms with van der Waals surface area (Å²) in [6.45, 7) is 7.50. The zero-order chi connectivity index (χ0) is 11.7. The Hall–Kier alpha value is -1.28. The molecular weight excluding hydrogens is 198 g/mol. The Morgan fingerprint density at radius 3 is 2.75 bits per heavy atom. The fourth-order valence-corrected chi connectivity index (χ4v) is 2.31. The lowest BCUT2D eigenvalue weighted by Gasteiger charge is -2.12. The molecule has 0 aliphatic rings. The van der Waals surface area contributed by atoms with Crippen LogP contribution in [0.2, 0.25) is 0 Å². The van der Waals surface area contributed by atoms with Gasteiger partial charge < -0.3 is 9.67 Å². The van der Waals surface area contributed by atoms with Crippen LogP contribution in [0.1, 0.15) is 31.0 Å². The highest BCUT2D eigenvalue weighted by molar-refractivity contribution is 5.84. The van der Waals surface area contributed by atoms with Crippen LogP contribution in [0.4, 0.5) is 0 Å². The highest BCUT2D eigenvalue weighted by Crippen LogP contribution is 2.27. The number of rotatable bonds is 3. The van der Waals surface area contributed by atoms with Crippen molar-refractivity contribution in [3.63, 3.8) is 0 Å². The molecule has 2 rings (SSSR count). The Kier molecular flexibility index (Phi) is 3.01. The summed E-state index contributed by atoms with van der Waals surface area (Å²) in [5.74, 6) is 0.201. The minimum Gasteiger partial charge on any atom is -0.396 e. The average Bonchev–Trinajstić information content (AvgIpc) is 2.68. The van der Waals surface area contributed by atoms with Crippen LogP contribution in [0.15, 0.2) is 24.3 Å². The molecule has 16 heavy (non-hydrogen) atoms. The van der Waals surface area contributed by atoms with Crippen LogP contribution in [0, 0.1) is 6.92 Å². The zero-order valence-corrected chi connectivity index (χ0v) is 10.2. The summed E-state index contributed by atoms with van der Waals surface area (Å²) in [5.41, 5.74) is 3.81. The van der Waals surface area contributed by atoms with Gasteiger partial charge in [0.2, 0.25) is 0 Å². The SMILES string of the molecule is CCn1c(C(C)CO)cc2c(C)cccc21. The number of hydrogen-bond donors (Lipinski definition) is 1. The van der Waals surface area contributed by atoms with E-state index in [2.05, 4.69) is 49.6 Å². The fraction of sp³-hybridized carbons (Fsp3) is 0.429. The third-order valence-corrected chi connectivity index (χ3v) is 3.29. The Morgan fingerprint density at radius 1 is 1.38 bits per heavy atom. The maximum Gasteiger partial charge on any atom is 0.0511 e. The molecular formula is C14H19NO. The molecule has 0 saturated carbocycles. The summed E-state index contributed by atoms with van der Waals surface area (Å²) in [4.78, 5) is 0. The van der Waals surface area contributed by atoms with E-state index in [0.717, 1.165) is 6.54 Å². The first-order valence-corrected chi connectivity index (χ1v) is 5.88. The fourth-order valence-electron chi connectivity index (χ4n) is 2.31. The molecule has 0 aliphatic carbocycles. The van der Waals surface area contributed by atoms with Gasteiger partial charge in [-0.1, -0.05) is 19.1 Å². The molecule has 1 aromatic carbocycles. The summed E-state index contributed by atoms with van der Waals surface area (Å²) in [7, 11) is 0. The molecule has 0 radical (unpaired) electrons. The van der Waals surface area contributed by atoms with Crippen molar-refractivity contribution < 1.29 is 5.11 Å². The number of benzene rings is 1. The van der Waals surface area contributed by atoms with Gasteiger partial charge in [-0.25, -0.2) is 0 Å². The number of fused-ring (bicyclic) bond motifs is 1. The highest BCUT2D eigenvalue weighted by Gasteiger charge is 2.13. The number of aromatic nitrogens is 1. The lowest BCUT2D eigenvalue weighted by atomic mass is 10.1. The van der Waals surface area contributed by atoms with Crippen molar-refractivity contribution in [2.45, 2.75) is 33.2 Å². The Morgan fingerprint density at radius 2 is 2.12 bits per heavy atom. The van der Waals surface area contributed by atoms with Crippen LogP contribution in [0.25, 0.3) is 10.9 Å². The largest absolute Gasteiger partial charge is 0.396 e. The second-order valence-corrected chi connectivity index (χ2v) is 4.40. The van der Waals surface area contributed by atoms with Gasteiger partial charge >= 0.3 is 0 Å². The number of aryl methyl sites for hydroxylation is 2. The summed E-state index contributed by atoms with van der Waals surface area (Å²) in [5, 5.41) is 10.6. The number of aliphatic hydroxyl groups is 1. The Labute approximate surface area is 96.5 Å². The molecule has 1 heterocycles. The first-order valence-electron chi connectivity index (χ1n) is 5.88. The quantitative estimate of drug-likeness (QED) is 0.839. The maximum absolute atomic E-state index is 9.29. The minimum atomic E-state index is 0.201. The van der Waals surface area contributed by atoms with Gasteiger partial charge in [0.15, 0.2) is 0 Å². The van der Waals surface area contributed by atoms with Gasteiger partial charge in [0.25, 0.3) is 0 Å². The molecule has 2 aromatic rings. The predicted octanol–water partition coefficient (Wildman–Crippen LogP) is 3.07. The first kappa shape index (κ1) is 11.2. The predicted molar refractivity (Wildman–Crippen MR) is 67.8 cm³/mol. The lowest BCUT2D eigenvalue weighted by molar-refractivity contribution is 0.269. The second kappa shape index (κ2) is 4.30. The molecule has 1 unspecified atom stereocenters. The van der Waals surface area contributed by atoms with Gasteiger partial charge in [0.05, 0.1) is 6.61 Å². The van der Waals surface area contributed by atoms with E-state index in [1.165, 1.54) is 22.2 Å². The van der Waals surface area contributed by atoms with Crippen molar-refractivity contribution in [2.75, 3.05) is 6.61 Å². The highest BCUT2D eigenvalue weighted by atomic mass is 16.3. The van der Waals surface area contributed by atoms with Gasteiger partial charge in [0.1, 0.15) is 0 Å². The maximum atomic E-state index is 9.29. The molecule has 1 aromatic heterocycles. The van der Waals surface area contributed by atoms with Crippen LogP contribution in [-0.2, 0) is 6.54 Å². The third kappa shape index (κ3) is 1.63. The molecule has 2 nitrogen and oxygen atoms in total. The lowest BCUT2D eigenvalue weighted by Crippen LogP contribution is -2.07. The van der Waals surface area contributed by atoms with E-state index in [0.29, 0.717) is 0 Å². The molecule has 1 atom stereocenters. The van der Waals surface area contributed by atoms with Crippen LogP contribution in [0.5, 0.6) is 0 Å². The van der Waals surface area contributed by atoms with E-state index >= 15 is 0 Å². The van der Waals surface area contributed by atoms with Gasteiger partial charge in [-0.15, -0.1) is 0 Å². The van der Waals surface area contributed by atoms with Gasteiger partial charge in [-0.3, -0.25) is 0 Å². The summed E-state index contributed by atoms with van der Waals surface area (Å²) >= 11 is 0.